The van der Waals surface area contributed by atoms with Crippen LogP contribution in [0.1, 0.15) is 24.0 Å². The van der Waals surface area contributed by atoms with E-state index in [1.807, 2.05) is 60.7 Å². The van der Waals surface area contributed by atoms with Crippen molar-refractivity contribution in [2.24, 2.45) is 11.8 Å². The third kappa shape index (κ3) is 4.92. The molecule has 218 valence electrons. The second-order valence-electron chi connectivity index (χ2n) is 11.2. The molecule has 9 nitrogen and oxygen atoms in total. The van der Waals surface area contributed by atoms with E-state index in [1.165, 1.54) is 4.90 Å². The van der Waals surface area contributed by atoms with Gasteiger partial charge in [0, 0.05) is 12.2 Å². The van der Waals surface area contributed by atoms with Gasteiger partial charge in [-0.05, 0) is 54.7 Å². The lowest BCUT2D eigenvalue weighted by molar-refractivity contribution is -0.144. The molecule has 6 rings (SSSR count). The SMILES string of the molecule is COc1ccc(NC(=O)C2N([C@@H](CO)Cc3ccccc3)C(=O)[C@@H]3[C@H](C(=O)NCc4ccccc4)[C@@H]4CCC23O4)cc1. The first kappa shape index (κ1) is 27.9. The second kappa shape index (κ2) is 11.6. The van der Waals surface area contributed by atoms with E-state index >= 15 is 0 Å². The number of nitrogens with one attached hydrogen (secondary N) is 2. The molecular weight excluding hydrogens is 534 g/mol. The summed E-state index contributed by atoms with van der Waals surface area (Å²) in [5.74, 6) is -1.91. The lowest BCUT2D eigenvalue weighted by atomic mass is 9.70. The molecule has 3 aliphatic heterocycles. The summed E-state index contributed by atoms with van der Waals surface area (Å²) in [5, 5.41) is 16.5. The van der Waals surface area contributed by atoms with Crippen molar-refractivity contribution in [3.63, 3.8) is 0 Å². The number of nitrogens with zero attached hydrogens (tertiary/aromatic N) is 1. The van der Waals surface area contributed by atoms with Gasteiger partial charge in [-0.2, -0.15) is 0 Å². The molecule has 3 aromatic carbocycles. The average molecular weight is 570 g/mol. The van der Waals surface area contributed by atoms with Crippen molar-refractivity contribution in [2.75, 3.05) is 19.0 Å². The normalized spacial score (nSPS) is 26.5. The molecule has 2 unspecified atom stereocenters. The van der Waals surface area contributed by atoms with E-state index in [9.17, 15) is 19.5 Å². The highest BCUT2D eigenvalue weighted by molar-refractivity contribution is 6.03. The summed E-state index contributed by atoms with van der Waals surface area (Å²) in [6, 6.07) is 24.4. The van der Waals surface area contributed by atoms with Crippen LogP contribution in [-0.4, -0.2) is 65.2 Å². The van der Waals surface area contributed by atoms with Gasteiger partial charge in [-0.1, -0.05) is 60.7 Å². The molecule has 3 N–H and O–H groups in total. The first-order valence-electron chi connectivity index (χ1n) is 14.4. The number of ether oxygens (including phenoxy) is 2. The van der Waals surface area contributed by atoms with Crippen molar-refractivity contribution < 1.29 is 29.0 Å². The van der Waals surface area contributed by atoms with E-state index in [-0.39, 0.29) is 18.4 Å². The van der Waals surface area contributed by atoms with Crippen LogP contribution in [0.25, 0.3) is 0 Å². The molecule has 42 heavy (non-hydrogen) atoms. The predicted molar refractivity (Wildman–Crippen MR) is 155 cm³/mol. The Bertz CT molecular complexity index is 1430. The highest BCUT2D eigenvalue weighted by atomic mass is 16.5. The van der Waals surface area contributed by atoms with E-state index in [0.717, 1.165) is 11.1 Å². The smallest absolute Gasteiger partial charge is 0.250 e. The van der Waals surface area contributed by atoms with Gasteiger partial charge in [-0.3, -0.25) is 14.4 Å². The molecule has 3 amide bonds. The van der Waals surface area contributed by atoms with E-state index < -0.39 is 41.5 Å². The Morgan fingerprint density at radius 3 is 2.31 bits per heavy atom. The molecule has 3 heterocycles. The number of fused-ring (bicyclic) bond motifs is 1. The molecule has 3 aliphatic rings. The zero-order valence-electron chi connectivity index (χ0n) is 23.4. The maximum atomic E-state index is 14.4. The number of rotatable bonds is 10. The molecule has 6 atom stereocenters. The number of hydrogen-bond donors (Lipinski definition) is 3. The molecule has 3 saturated heterocycles. The number of benzene rings is 3. The van der Waals surface area contributed by atoms with Crippen LogP contribution in [0.2, 0.25) is 0 Å². The largest absolute Gasteiger partial charge is 0.497 e. The Balaban J connectivity index is 1.32. The Labute approximate surface area is 244 Å². The Hall–Kier alpha value is -4.21. The van der Waals surface area contributed by atoms with Gasteiger partial charge < -0.3 is 30.1 Å². The third-order valence-electron chi connectivity index (χ3n) is 8.87. The summed E-state index contributed by atoms with van der Waals surface area (Å²) in [7, 11) is 1.57. The van der Waals surface area contributed by atoms with Crippen molar-refractivity contribution in [2.45, 2.75) is 49.6 Å². The number of aliphatic hydroxyl groups excluding tert-OH is 1. The van der Waals surface area contributed by atoms with Crippen molar-refractivity contribution in [3.05, 3.63) is 96.1 Å². The van der Waals surface area contributed by atoms with Crippen molar-refractivity contribution in [1.82, 2.24) is 10.2 Å². The summed E-state index contributed by atoms with van der Waals surface area (Å²) in [5.41, 5.74) is 1.25. The molecular formula is C33H35N3O6. The quantitative estimate of drug-likeness (QED) is 0.346. The van der Waals surface area contributed by atoms with Gasteiger partial charge in [-0.25, -0.2) is 0 Å². The Kier molecular flexibility index (Phi) is 7.70. The highest BCUT2D eigenvalue weighted by Crippen LogP contribution is 2.59. The van der Waals surface area contributed by atoms with Crippen molar-refractivity contribution in [1.29, 1.82) is 0 Å². The minimum absolute atomic E-state index is 0.261. The van der Waals surface area contributed by atoms with Gasteiger partial charge in [0.25, 0.3) is 0 Å². The summed E-state index contributed by atoms with van der Waals surface area (Å²) in [4.78, 5) is 43.6. The van der Waals surface area contributed by atoms with Crippen molar-refractivity contribution >= 4 is 23.4 Å². The molecule has 1 spiro atoms. The number of carbonyl (C=O) groups excluding carboxylic acids is 3. The van der Waals surface area contributed by atoms with Gasteiger partial charge in [0.2, 0.25) is 17.7 Å². The maximum Gasteiger partial charge on any atom is 0.250 e. The van der Waals surface area contributed by atoms with Crippen LogP contribution in [0.3, 0.4) is 0 Å². The summed E-state index contributed by atoms with van der Waals surface area (Å²) < 4.78 is 11.8. The minimum Gasteiger partial charge on any atom is -0.497 e. The zero-order valence-corrected chi connectivity index (χ0v) is 23.4. The highest BCUT2D eigenvalue weighted by Gasteiger charge is 2.75. The molecule has 0 radical (unpaired) electrons. The fraction of sp³-hybridized carbons (Fsp3) is 0.364. The number of hydrogen-bond acceptors (Lipinski definition) is 6. The van der Waals surface area contributed by atoms with Crippen LogP contribution in [0.15, 0.2) is 84.9 Å². The Morgan fingerprint density at radius 1 is 1.00 bits per heavy atom. The van der Waals surface area contributed by atoms with Crippen LogP contribution >= 0.6 is 0 Å². The van der Waals surface area contributed by atoms with Crippen molar-refractivity contribution in [3.8, 4) is 5.75 Å². The van der Waals surface area contributed by atoms with E-state index in [2.05, 4.69) is 10.6 Å². The number of carbonyl (C=O) groups is 3. The third-order valence-corrected chi connectivity index (χ3v) is 8.87. The number of amides is 3. The fourth-order valence-corrected chi connectivity index (χ4v) is 7.01. The predicted octanol–water partition coefficient (Wildman–Crippen LogP) is 2.93. The number of methoxy groups -OCH3 is 1. The van der Waals surface area contributed by atoms with Gasteiger partial charge in [0.15, 0.2) is 0 Å². The average Bonchev–Trinajstić information content (AvgIpc) is 3.67. The molecule has 0 saturated carbocycles. The van der Waals surface area contributed by atoms with Crippen LogP contribution < -0.4 is 15.4 Å². The second-order valence-corrected chi connectivity index (χ2v) is 11.2. The number of anilines is 1. The fourth-order valence-electron chi connectivity index (χ4n) is 7.01. The standard InChI is InChI=1S/C33H35N3O6/c1-41-25-14-12-23(13-15-25)35-31(39)29-33-17-16-26(42-33)27(30(38)34-19-22-10-6-3-7-11-22)28(33)32(40)36(29)24(20-37)18-21-8-4-2-5-9-21/h2-15,24,26-29,37H,16-20H2,1H3,(H,34,38)(H,35,39)/t24-,26+,27-,28+,29?,33?/m1/s1. The molecule has 2 bridgehead atoms. The maximum absolute atomic E-state index is 14.4. The van der Waals surface area contributed by atoms with E-state index in [4.69, 9.17) is 9.47 Å². The number of likely N-dealkylation sites (tertiary alicyclic amines) is 1. The molecule has 0 aliphatic carbocycles. The van der Waals surface area contributed by atoms with E-state index in [1.54, 1.807) is 31.4 Å². The van der Waals surface area contributed by atoms with E-state index in [0.29, 0.717) is 37.2 Å². The lowest BCUT2D eigenvalue weighted by Crippen LogP contribution is -2.56. The van der Waals surface area contributed by atoms with Gasteiger partial charge >= 0.3 is 0 Å². The lowest BCUT2D eigenvalue weighted by Gasteiger charge is -2.36. The number of aliphatic hydroxyl groups is 1. The van der Waals surface area contributed by atoms with Crippen LogP contribution in [0.4, 0.5) is 5.69 Å². The molecule has 0 aromatic heterocycles. The molecule has 3 aromatic rings. The first-order chi connectivity index (χ1) is 20.4. The minimum atomic E-state index is -1.17. The van der Waals surface area contributed by atoms with Crippen LogP contribution in [0, 0.1) is 11.8 Å². The van der Waals surface area contributed by atoms with Gasteiger partial charge in [0.1, 0.15) is 17.4 Å². The first-order valence-corrected chi connectivity index (χ1v) is 14.4. The van der Waals surface area contributed by atoms with Gasteiger partial charge in [0.05, 0.1) is 37.7 Å². The zero-order chi connectivity index (χ0) is 29.3. The van der Waals surface area contributed by atoms with Crippen LogP contribution in [0.5, 0.6) is 5.75 Å². The Morgan fingerprint density at radius 2 is 1.67 bits per heavy atom. The summed E-state index contributed by atoms with van der Waals surface area (Å²) in [6.07, 6.45) is 0.925. The molecule has 9 heteroatoms. The monoisotopic (exact) mass is 569 g/mol. The summed E-state index contributed by atoms with van der Waals surface area (Å²) in [6.45, 7) is -0.0147. The van der Waals surface area contributed by atoms with Gasteiger partial charge in [-0.15, -0.1) is 0 Å². The van der Waals surface area contributed by atoms with Crippen LogP contribution in [-0.2, 0) is 32.1 Å². The summed E-state index contributed by atoms with van der Waals surface area (Å²) >= 11 is 0. The topological polar surface area (TPSA) is 117 Å². The molecule has 3 fully saturated rings.